The zero-order chi connectivity index (χ0) is 15.7. The number of hydrogen-bond acceptors (Lipinski definition) is 5. The quantitative estimate of drug-likeness (QED) is 0.939. The smallest absolute Gasteiger partial charge is 0.235 e. The van der Waals surface area contributed by atoms with Crippen molar-refractivity contribution in [2.75, 3.05) is 25.3 Å². The molecule has 3 rings (SSSR count). The second-order valence-corrected chi connectivity index (χ2v) is 6.02. The van der Waals surface area contributed by atoms with Gasteiger partial charge < -0.3 is 14.8 Å². The number of aryl methyl sites for hydroxylation is 1. The molecule has 0 bridgehead atoms. The predicted molar refractivity (Wildman–Crippen MR) is 85.7 cm³/mol. The van der Waals surface area contributed by atoms with Gasteiger partial charge in [0.2, 0.25) is 5.91 Å². The molecule has 2 aromatic rings. The Labute approximate surface area is 132 Å². The third-order valence-corrected chi connectivity index (χ3v) is 4.89. The molecule has 1 unspecified atom stereocenters. The Hall–Kier alpha value is -2.15. The summed E-state index contributed by atoms with van der Waals surface area (Å²) in [7, 11) is 5.04. The molecule has 1 aromatic carbocycles. The van der Waals surface area contributed by atoms with E-state index < -0.39 is 0 Å². The number of aromatic nitrogens is 2. The van der Waals surface area contributed by atoms with Crippen LogP contribution in [0.3, 0.4) is 0 Å². The topological polar surface area (TPSA) is 65.4 Å². The van der Waals surface area contributed by atoms with Gasteiger partial charge in [0.1, 0.15) is 5.82 Å². The molecule has 0 radical (unpaired) electrons. The van der Waals surface area contributed by atoms with Crippen molar-refractivity contribution in [2.45, 2.75) is 5.25 Å². The lowest BCUT2D eigenvalue weighted by atomic mass is 10.1. The Morgan fingerprint density at radius 3 is 2.82 bits per heavy atom. The fourth-order valence-corrected chi connectivity index (χ4v) is 3.59. The van der Waals surface area contributed by atoms with Gasteiger partial charge in [0.25, 0.3) is 0 Å². The SMILES string of the molecule is COc1ccc(C2SCC(=O)Nc3c2cnn3C)cc1OC. The summed E-state index contributed by atoms with van der Waals surface area (Å²) < 4.78 is 12.3. The molecule has 1 N–H and O–H groups in total. The number of fused-ring (bicyclic) bond motifs is 1. The number of nitrogens with zero attached hydrogens (tertiary/aromatic N) is 2. The molecular weight excluding hydrogens is 302 g/mol. The van der Waals surface area contributed by atoms with Gasteiger partial charge in [0.15, 0.2) is 11.5 Å². The van der Waals surface area contributed by atoms with Crippen LogP contribution in [0.1, 0.15) is 16.4 Å². The van der Waals surface area contributed by atoms with E-state index in [1.54, 1.807) is 36.9 Å². The number of hydrogen-bond donors (Lipinski definition) is 1. The highest BCUT2D eigenvalue weighted by Gasteiger charge is 2.27. The van der Waals surface area contributed by atoms with Crippen molar-refractivity contribution >= 4 is 23.5 Å². The van der Waals surface area contributed by atoms with Crippen LogP contribution in [0, 0.1) is 0 Å². The first-order valence-electron chi connectivity index (χ1n) is 6.79. The van der Waals surface area contributed by atoms with E-state index in [-0.39, 0.29) is 11.2 Å². The number of benzene rings is 1. The highest BCUT2D eigenvalue weighted by atomic mass is 32.2. The van der Waals surface area contributed by atoms with E-state index in [1.807, 2.05) is 25.2 Å². The number of anilines is 1. The first kappa shape index (κ1) is 14.8. The molecule has 22 heavy (non-hydrogen) atoms. The maximum Gasteiger partial charge on any atom is 0.235 e. The molecule has 1 aliphatic rings. The number of ether oxygens (including phenoxy) is 2. The maximum absolute atomic E-state index is 11.9. The normalized spacial score (nSPS) is 17.4. The lowest BCUT2D eigenvalue weighted by molar-refractivity contribution is -0.113. The Kier molecular flexibility index (Phi) is 3.98. The van der Waals surface area contributed by atoms with Crippen LogP contribution < -0.4 is 14.8 Å². The van der Waals surface area contributed by atoms with Crippen LogP contribution in [0.2, 0.25) is 0 Å². The molecule has 0 saturated carbocycles. The van der Waals surface area contributed by atoms with E-state index in [0.717, 1.165) is 16.9 Å². The van der Waals surface area contributed by atoms with Gasteiger partial charge in [-0.3, -0.25) is 9.48 Å². The molecule has 1 atom stereocenters. The lowest BCUT2D eigenvalue weighted by Gasteiger charge is -2.16. The first-order valence-corrected chi connectivity index (χ1v) is 7.84. The van der Waals surface area contributed by atoms with Crippen LogP contribution in [0.15, 0.2) is 24.4 Å². The summed E-state index contributed by atoms with van der Waals surface area (Å²) in [5.74, 6) is 2.49. The van der Waals surface area contributed by atoms with Crippen LogP contribution >= 0.6 is 11.8 Å². The van der Waals surface area contributed by atoms with Crippen molar-refractivity contribution in [3.63, 3.8) is 0 Å². The van der Waals surface area contributed by atoms with Crippen LogP contribution in [0.5, 0.6) is 11.5 Å². The van der Waals surface area contributed by atoms with Crippen molar-refractivity contribution in [3.8, 4) is 11.5 Å². The van der Waals surface area contributed by atoms with Gasteiger partial charge >= 0.3 is 0 Å². The molecule has 116 valence electrons. The van der Waals surface area contributed by atoms with Gasteiger partial charge in [-0.1, -0.05) is 6.07 Å². The largest absolute Gasteiger partial charge is 0.493 e. The van der Waals surface area contributed by atoms with Gasteiger partial charge in [-0.05, 0) is 17.7 Å². The zero-order valence-electron chi connectivity index (χ0n) is 12.6. The Balaban J connectivity index is 2.06. The highest BCUT2D eigenvalue weighted by Crippen LogP contribution is 2.43. The van der Waals surface area contributed by atoms with Crippen molar-refractivity contribution in [1.29, 1.82) is 0 Å². The minimum atomic E-state index is -0.0159. The van der Waals surface area contributed by atoms with Gasteiger partial charge in [-0.15, -0.1) is 11.8 Å². The summed E-state index contributed by atoms with van der Waals surface area (Å²) in [5, 5.41) is 7.18. The van der Waals surface area contributed by atoms with Crippen LogP contribution in [0.4, 0.5) is 5.82 Å². The molecule has 1 aliphatic heterocycles. The van der Waals surface area contributed by atoms with Gasteiger partial charge in [0.05, 0.1) is 31.4 Å². The number of amides is 1. The van der Waals surface area contributed by atoms with Crippen LogP contribution in [-0.2, 0) is 11.8 Å². The minimum absolute atomic E-state index is 0.0159. The van der Waals surface area contributed by atoms with Crippen molar-refractivity contribution in [3.05, 3.63) is 35.5 Å². The molecule has 1 amide bonds. The predicted octanol–water partition coefficient (Wildman–Crippen LogP) is 2.21. The summed E-state index contributed by atoms with van der Waals surface area (Å²) in [6.07, 6.45) is 1.80. The summed E-state index contributed by atoms with van der Waals surface area (Å²) in [6.45, 7) is 0. The number of methoxy groups -OCH3 is 2. The van der Waals surface area contributed by atoms with E-state index >= 15 is 0 Å². The second kappa shape index (κ2) is 5.92. The number of carbonyl (C=O) groups excluding carboxylic acids is 1. The standard InChI is InChI=1S/C15H17N3O3S/c1-18-15-10(7-16-18)14(22-8-13(19)17-15)9-4-5-11(20-2)12(6-9)21-3/h4-7,14H,8H2,1-3H3,(H,17,19). The second-order valence-electron chi connectivity index (χ2n) is 4.93. The molecule has 7 heteroatoms. The van der Waals surface area contributed by atoms with E-state index in [1.165, 1.54) is 0 Å². The highest BCUT2D eigenvalue weighted by molar-refractivity contribution is 8.00. The van der Waals surface area contributed by atoms with Gasteiger partial charge in [-0.25, -0.2) is 0 Å². The third kappa shape index (κ3) is 2.52. The van der Waals surface area contributed by atoms with E-state index in [2.05, 4.69) is 10.4 Å². The monoisotopic (exact) mass is 319 g/mol. The van der Waals surface area contributed by atoms with Crippen molar-refractivity contribution < 1.29 is 14.3 Å². The Bertz CT molecular complexity index is 714. The molecule has 0 saturated heterocycles. The van der Waals surface area contributed by atoms with E-state index in [4.69, 9.17) is 9.47 Å². The number of rotatable bonds is 3. The number of thioether (sulfide) groups is 1. The fraction of sp³-hybridized carbons (Fsp3) is 0.333. The fourth-order valence-electron chi connectivity index (χ4n) is 2.51. The Morgan fingerprint density at radius 1 is 1.32 bits per heavy atom. The summed E-state index contributed by atoms with van der Waals surface area (Å²) >= 11 is 1.57. The minimum Gasteiger partial charge on any atom is -0.493 e. The van der Waals surface area contributed by atoms with Crippen LogP contribution in [0.25, 0.3) is 0 Å². The average molecular weight is 319 g/mol. The van der Waals surface area contributed by atoms with Crippen LogP contribution in [-0.4, -0.2) is 35.7 Å². The molecule has 0 aliphatic carbocycles. The summed E-state index contributed by atoms with van der Waals surface area (Å²) in [4.78, 5) is 11.9. The summed E-state index contributed by atoms with van der Waals surface area (Å²) in [6, 6.07) is 5.82. The first-order chi connectivity index (χ1) is 10.6. The molecule has 6 nitrogen and oxygen atoms in total. The van der Waals surface area contributed by atoms with Crippen molar-refractivity contribution in [2.24, 2.45) is 7.05 Å². The maximum atomic E-state index is 11.9. The zero-order valence-corrected chi connectivity index (χ0v) is 13.4. The van der Waals surface area contributed by atoms with E-state index in [9.17, 15) is 4.79 Å². The summed E-state index contributed by atoms with van der Waals surface area (Å²) in [5.41, 5.74) is 2.04. The van der Waals surface area contributed by atoms with Crippen molar-refractivity contribution in [1.82, 2.24) is 9.78 Å². The molecule has 1 aromatic heterocycles. The van der Waals surface area contributed by atoms with E-state index in [0.29, 0.717) is 17.3 Å². The van der Waals surface area contributed by atoms with Gasteiger partial charge in [0, 0.05) is 12.6 Å². The average Bonchev–Trinajstić information content (AvgIpc) is 2.79. The Morgan fingerprint density at radius 2 is 2.09 bits per heavy atom. The number of carbonyl (C=O) groups is 1. The molecule has 0 fully saturated rings. The van der Waals surface area contributed by atoms with Gasteiger partial charge in [-0.2, -0.15) is 5.10 Å². The molecule has 0 spiro atoms. The number of nitrogens with one attached hydrogen (secondary N) is 1. The molecule has 2 heterocycles. The molecular formula is C15H17N3O3S. The lowest BCUT2D eigenvalue weighted by Crippen LogP contribution is -2.15. The third-order valence-electron chi connectivity index (χ3n) is 3.60.